The van der Waals surface area contributed by atoms with Crippen LogP contribution in [-0.2, 0) is 14.3 Å². The molecule has 0 spiro atoms. The molecule has 1 amide bonds. The second-order valence-corrected chi connectivity index (χ2v) is 6.41. The predicted octanol–water partition coefficient (Wildman–Crippen LogP) is 0.714. The van der Waals surface area contributed by atoms with E-state index in [-0.39, 0.29) is 11.9 Å². The number of likely N-dealkylation sites (N-methyl/N-ethyl adjacent to an activating group) is 1. The molecule has 0 aromatic carbocycles. The minimum atomic E-state index is 0.180. The number of carbonyl (C=O) groups is 1. The average Bonchev–Trinajstić information content (AvgIpc) is 2.60. The Morgan fingerprint density at radius 2 is 2.04 bits per heavy atom. The largest absolute Gasteiger partial charge is 0.378 e. The number of piperidine rings is 1. The van der Waals surface area contributed by atoms with Crippen LogP contribution in [0.1, 0.15) is 33.1 Å². The molecule has 0 aliphatic carbocycles. The van der Waals surface area contributed by atoms with Crippen LogP contribution in [0.4, 0.5) is 0 Å². The van der Waals surface area contributed by atoms with Crippen molar-refractivity contribution in [1.82, 2.24) is 15.1 Å². The normalized spacial score (nSPS) is 23.4. The summed E-state index contributed by atoms with van der Waals surface area (Å²) in [7, 11) is 0. The van der Waals surface area contributed by atoms with Crippen molar-refractivity contribution >= 4 is 5.91 Å². The van der Waals surface area contributed by atoms with E-state index in [1.54, 1.807) is 0 Å². The van der Waals surface area contributed by atoms with Crippen molar-refractivity contribution in [2.24, 2.45) is 0 Å². The number of nitrogens with one attached hydrogen (secondary N) is 1. The van der Waals surface area contributed by atoms with E-state index < -0.39 is 0 Å². The summed E-state index contributed by atoms with van der Waals surface area (Å²) in [6, 6.07) is 0.180. The average molecular weight is 327 g/mol. The van der Waals surface area contributed by atoms with E-state index >= 15 is 0 Å². The highest BCUT2D eigenvalue weighted by Crippen LogP contribution is 2.15. The Bertz CT molecular complexity index is 336. The van der Waals surface area contributed by atoms with Crippen molar-refractivity contribution < 1.29 is 14.3 Å². The molecule has 1 unspecified atom stereocenters. The molecule has 2 fully saturated rings. The molecule has 2 saturated heterocycles. The van der Waals surface area contributed by atoms with E-state index in [4.69, 9.17) is 9.47 Å². The highest BCUT2D eigenvalue weighted by molar-refractivity contribution is 5.77. The molecule has 2 aliphatic rings. The van der Waals surface area contributed by atoms with Gasteiger partial charge in [-0.15, -0.1) is 0 Å². The third-order valence-electron chi connectivity index (χ3n) is 4.87. The molecular formula is C17H33N3O3. The first kappa shape index (κ1) is 18.6. The predicted molar refractivity (Wildman–Crippen MR) is 90.6 cm³/mol. The van der Waals surface area contributed by atoms with E-state index in [2.05, 4.69) is 24.1 Å². The molecule has 23 heavy (non-hydrogen) atoms. The molecule has 0 saturated carbocycles. The fraction of sp³-hybridized carbons (Fsp3) is 0.941. The molecule has 1 atom stereocenters. The standard InChI is InChI=1S/C17H33N3O3/c1-3-19(4-2)10-12-23-16-5-8-20(9-6-16)17(21)13-15-14-22-11-7-18-15/h15-16,18H,3-14H2,1-2H3. The van der Waals surface area contributed by atoms with Crippen LogP contribution in [-0.4, -0.2) is 86.9 Å². The summed E-state index contributed by atoms with van der Waals surface area (Å²) in [5.74, 6) is 0.245. The second-order valence-electron chi connectivity index (χ2n) is 6.41. The molecule has 2 heterocycles. The van der Waals surface area contributed by atoms with Crippen molar-refractivity contribution in [3.8, 4) is 0 Å². The Hall–Kier alpha value is -0.690. The van der Waals surface area contributed by atoms with Gasteiger partial charge in [0.05, 0.1) is 25.9 Å². The smallest absolute Gasteiger partial charge is 0.224 e. The lowest BCUT2D eigenvalue weighted by molar-refractivity contribution is -0.135. The van der Waals surface area contributed by atoms with Gasteiger partial charge >= 0.3 is 0 Å². The first-order valence-electron chi connectivity index (χ1n) is 9.15. The molecule has 2 aliphatic heterocycles. The van der Waals surface area contributed by atoms with Gasteiger partial charge < -0.3 is 24.6 Å². The van der Waals surface area contributed by atoms with Crippen molar-refractivity contribution in [2.75, 3.05) is 59.1 Å². The van der Waals surface area contributed by atoms with E-state index in [0.29, 0.717) is 19.1 Å². The molecule has 1 N–H and O–H groups in total. The van der Waals surface area contributed by atoms with Crippen LogP contribution in [0.25, 0.3) is 0 Å². The Labute approximate surface area is 140 Å². The fourth-order valence-corrected chi connectivity index (χ4v) is 3.25. The zero-order valence-corrected chi connectivity index (χ0v) is 14.8. The van der Waals surface area contributed by atoms with Crippen LogP contribution in [0.15, 0.2) is 0 Å². The van der Waals surface area contributed by atoms with Gasteiger partial charge in [-0.3, -0.25) is 4.79 Å². The van der Waals surface area contributed by atoms with Crippen LogP contribution in [0.5, 0.6) is 0 Å². The van der Waals surface area contributed by atoms with Crippen molar-refractivity contribution in [2.45, 2.75) is 45.3 Å². The summed E-state index contributed by atoms with van der Waals surface area (Å²) in [6.45, 7) is 12.2. The molecule has 6 nitrogen and oxygen atoms in total. The summed E-state index contributed by atoms with van der Waals surface area (Å²) in [5, 5.41) is 3.35. The van der Waals surface area contributed by atoms with Gasteiger partial charge in [0, 0.05) is 38.6 Å². The van der Waals surface area contributed by atoms with Crippen molar-refractivity contribution in [3.63, 3.8) is 0 Å². The maximum atomic E-state index is 12.3. The van der Waals surface area contributed by atoms with Gasteiger partial charge in [0.15, 0.2) is 0 Å². The van der Waals surface area contributed by atoms with Gasteiger partial charge in [-0.1, -0.05) is 13.8 Å². The van der Waals surface area contributed by atoms with Crippen LogP contribution in [0.2, 0.25) is 0 Å². The lowest BCUT2D eigenvalue weighted by Crippen LogP contribution is -2.47. The number of likely N-dealkylation sites (tertiary alicyclic amines) is 1. The Morgan fingerprint density at radius 1 is 1.30 bits per heavy atom. The third-order valence-corrected chi connectivity index (χ3v) is 4.87. The number of hydrogen-bond acceptors (Lipinski definition) is 5. The van der Waals surface area contributed by atoms with Crippen LogP contribution < -0.4 is 5.32 Å². The summed E-state index contributed by atoms with van der Waals surface area (Å²) in [6.07, 6.45) is 2.77. The maximum Gasteiger partial charge on any atom is 0.224 e. The van der Waals surface area contributed by atoms with Crippen LogP contribution in [0, 0.1) is 0 Å². The Kier molecular flexibility index (Phi) is 8.30. The van der Waals surface area contributed by atoms with Gasteiger partial charge in [-0.25, -0.2) is 0 Å². The van der Waals surface area contributed by atoms with Crippen LogP contribution >= 0.6 is 0 Å². The van der Waals surface area contributed by atoms with Crippen LogP contribution in [0.3, 0.4) is 0 Å². The van der Waals surface area contributed by atoms with E-state index in [9.17, 15) is 4.79 Å². The number of ether oxygens (including phenoxy) is 2. The molecule has 2 rings (SSSR count). The Morgan fingerprint density at radius 3 is 2.65 bits per heavy atom. The minimum Gasteiger partial charge on any atom is -0.378 e. The van der Waals surface area contributed by atoms with Gasteiger partial charge in [0.2, 0.25) is 5.91 Å². The topological polar surface area (TPSA) is 54.0 Å². The fourth-order valence-electron chi connectivity index (χ4n) is 3.25. The highest BCUT2D eigenvalue weighted by atomic mass is 16.5. The number of hydrogen-bond donors (Lipinski definition) is 1. The first-order valence-corrected chi connectivity index (χ1v) is 9.15. The minimum absolute atomic E-state index is 0.180. The molecule has 0 bridgehead atoms. The van der Waals surface area contributed by atoms with E-state index in [1.165, 1.54) is 0 Å². The van der Waals surface area contributed by atoms with Crippen molar-refractivity contribution in [1.29, 1.82) is 0 Å². The molecule has 0 aromatic rings. The number of amides is 1. The zero-order valence-electron chi connectivity index (χ0n) is 14.8. The van der Waals surface area contributed by atoms with E-state index in [0.717, 1.165) is 65.3 Å². The number of morpholine rings is 1. The molecule has 0 radical (unpaired) electrons. The van der Waals surface area contributed by atoms with Gasteiger partial charge in [-0.2, -0.15) is 0 Å². The second kappa shape index (κ2) is 10.2. The SMILES string of the molecule is CCN(CC)CCOC1CCN(C(=O)CC2COCCN2)CC1. The molecule has 6 heteroatoms. The number of carbonyl (C=O) groups excluding carboxylic acids is 1. The quantitative estimate of drug-likeness (QED) is 0.712. The Balaban J connectivity index is 1.60. The lowest BCUT2D eigenvalue weighted by Gasteiger charge is -2.34. The molecule has 0 aromatic heterocycles. The number of rotatable bonds is 8. The third kappa shape index (κ3) is 6.37. The summed E-state index contributed by atoms with van der Waals surface area (Å²) >= 11 is 0. The molecular weight excluding hydrogens is 294 g/mol. The maximum absolute atomic E-state index is 12.3. The van der Waals surface area contributed by atoms with Gasteiger partial charge in [0.1, 0.15) is 0 Å². The molecule has 134 valence electrons. The monoisotopic (exact) mass is 327 g/mol. The first-order chi connectivity index (χ1) is 11.2. The summed E-state index contributed by atoms with van der Waals surface area (Å²) < 4.78 is 11.4. The van der Waals surface area contributed by atoms with Gasteiger partial charge in [-0.05, 0) is 25.9 Å². The van der Waals surface area contributed by atoms with E-state index in [1.807, 2.05) is 4.90 Å². The highest BCUT2D eigenvalue weighted by Gasteiger charge is 2.25. The summed E-state index contributed by atoms with van der Waals surface area (Å²) in [5.41, 5.74) is 0. The van der Waals surface area contributed by atoms with Gasteiger partial charge in [0.25, 0.3) is 0 Å². The zero-order chi connectivity index (χ0) is 16.5. The van der Waals surface area contributed by atoms with Crippen molar-refractivity contribution in [3.05, 3.63) is 0 Å². The number of nitrogens with zero attached hydrogens (tertiary/aromatic N) is 2. The summed E-state index contributed by atoms with van der Waals surface area (Å²) in [4.78, 5) is 16.7. The lowest BCUT2D eigenvalue weighted by atomic mass is 10.1.